The van der Waals surface area contributed by atoms with Crippen LogP contribution in [0.4, 0.5) is 4.79 Å². The van der Waals surface area contributed by atoms with Crippen LogP contribution in [0.3, 0.4) is 0 Å². The number of carbonyl (C=O) groups excluding carboxylic acids is 1. The Morgan fingerprint density at radius 3 is 2.61 bits per heavy atom. The van der Waals surface area contributed by atoms with Gasteiger partial charge in [0, 0.05) is 29.9 Å². The zero-order valence-electron chi connectivity index (χ0n) is 16.4. The van der Waals surface area contributed by atoms with Gasteiger partial charge in [0.25, 0.3) is 0 Å². The highest BCUT2D eigenvalue weighted by Gasteiger charge is 2.28. The second kappa shape index (κ2) is 7.43. The van der Waals surface area contributed by atoms with Crippen LogP contribution in [-0.2, 0) is 17.8 Å². The number of benzene rings is 2. The average molecular weight is 376 g/mol. The maximum atomic E-state index is 11.9. The predicted octanol–water partition coefficient (Wildman–Crippen LogP) is 4.61. The van der Waals surface area contributed by atoms with Crippen LogP contribution in [0.1, 0.15) is 29.3 Å². The molecule has 1 N–H and O–H groups in total. The number of rotatable bonds is 5. The average Bonchev–Trinajstić information content (AvgIpc) is 3.22. The quantitative estimate of drug-likeness (QED) is 0.553. The van der Waals surface area contributed by atoms with Crippen LogP contribution in [-0.4, -0.2) is 24.3 Å². The van der Waals surface area contributed by atoms with Crippen LogP contribution in [0.15, 0.2) is 48.5 Å². The molecule has 2 aromatic carbocycles. The second-order valence-corrected chi connectivity index (χ2v) is 6.87. The van der Waals surface area contributed by atoms with Crippen molar-refractivity contribution >= 4 is 6.09 Å². The summed E-state index contributed by atoms with van der Waals surface area (Å²) in [5.41, 5.74) is 8.11. The van der Waals surface area contributed by atoms with Gasteiger partial charge in [-0.05, 0) is 60.9 Å². The Labute approximate surface area is 164 Å². The minimum Gasteiger partial charge on any atom is -0.497 e. The zero-order valence-corrected chi connectivity index (χ0v) is 16.4. The fourth-order valence-corrected chi connectivity index (χ4v) is 3.89. The van der Waals surface area contributed by atoms with Crippen molar-refractivity contribution in [3.05, 3.63) is 70.9 Å². The van der Waals surface area contributed by atoms with Gasteiger partial charge in [-0.1, -0.05) is 18.2 Å². The number of alkyl carbamates (subject to hydrolysis) is 1. The van der Waals surface area contributed by atoms with Crippen molar-refractivity contribution in [2.75, 3.05) is 13.7 Å². The molecule has 0 saturated heterocycles. The molecule has 28 heavy (non-hydrogen) atoms. The van der Waals surface area contributed by atoms with Crippen molar-refractivity contribution in [3.63, 3.8) is 0 Å². The molecule has 3 aromatic rings. The highest BCUT2D eigenvalue weighted by atomic mass is 16.5. The Hall–Kier alpha value is -3.21. The normalized spacial score (nSPS) is 11.7. The Balaban J connectivity index is 1.83. The number of ether oxygens (including phenoxy) is 2. The van der Waals surface area contributed by atoms with E-state index in [1.54, 1.807) is 7.11 Å². The van der Waals surface area contributed by atoms with Crippen molar-refractivity contribution in [2.45, 2.75) is 26.9 Å². The molecule has 4 rings (SSSR count). The monoisotopic (exact) mass is 376 g/mol. The van der Waals surface area contributed by atoms with Crippen LogP contribution < -0.4 is 10.1 Å². The predicted molar refractivity (Wildman–Crippen MR) is 109 cm³/mol. The highest BCUT2D eigenvalue weighted by molar-refractivity contribution is 5.74. The van der Waals surface area contributed by atoms with E-state index in [0.717, 1.165) is 29.0 Å². The third-order valence-corrected chi connectivity index (χ3v) is 5.29. The van der Waals surface area contributed by atoms with E-state index in [4.69, 9.17) is 9.47 Å². The molecule has 0 fully saturated rings. The summed E-state index contributed by atoms with van der Waals surface area (Å²) in [6.07, 6.45) is 0.487. The number of aromatic nitrogens is 1. The Kier molecular flexibility index (Phi) is 4.82. The van der Waals surface area contributed by atoms with E-state index in [2.05, 4.69) is 53.2 Å². The first-order valence-corrected chi connectivity index (χ1v) is 9.50. The molecule has 5 nitrogen and oxygen atoms in total. The van der Waals surface area contributed by atoms with E-state index in [0.29, 0.717) is 6.54 Å². The summed E-state index contributed by atoms with van der Waals surface area (Å²) in [6.45, 7) is 4.77. The lowest BCUT2D eigenvalue weighted by Gasteiger charge is -2.13. The Morgan fingerprint density at radius 2 is 1.89 bits per heavy atom. The summed E-state index contributed by atoms with van der Waals surface area (Å²) in [7, 11) is 1.66. The van der Waals surface area contributed by atoms with E-state index in [-0.39, 0.29) is 6.61 Å². The number of fused-ring (bicyclic) bond motifs is 3. The molecule has 0 unspecified atom stereocenters. The Morgan fingerprint density at radius 1 is 1.14 bits per heavy atom. The van der Waals surface area contributed by atoms with Crippen LogP contribution in [0.25, 0.3) is 16.9 Å². The summed E-state index contributed by atoms with van der Waals surface area (Å²) in [5, 5.41) is 2.69. The number of nitrogens with one attached hydrogen (secondary N) is 1. The topological polar surface area (TPSA) is 52.5 Å². The SMILES string of the molecule is CCNC(=O)OCc1c(C)c2n(c1-c1ccc(OC)cc1)-c1ccccc1C2. The maximum absolute atomic E-state index is 11.9. The number of carbonyl (C=O) groups is 1. The van der Waals surface area contributed by atoms with E-state index in [1.807, 2.05) is 19.1 Å². The lowest BCUT2D eigenvalue weighted by molar-refractivity contribution is 0.140. The molecule has 0 bridgehead atoms. The smallest absolute Gasteiger partial charge is 0.407 e. The molecule has 1 amide bonds. The van der Waals surface area contributed by atoms with Crippen molar-refractivity contribution in [1.82, 2.24) is 9.88 Å². The molecular formula is C23H24N2O3. The summed E-state index contributed by atoms with van der Waals surface area (Å²) in [5.74, 6) is 0.814. The molecule has 0 radical (unpaired) electrons. The largest absolute Gasteiger partial charge is 0.497 e. The number of hydrogen-bond donors (Lipinski definition) is 1. The van der Waals surface area contributed by atoms with Gasteiger partial charge in [-0.25, -0.2) is 4.79 Å². The zero-order chi connectivity index (χ0) is 19.7. The van der Waals surface area contributed by atoms with Gasteiger partial charge in [-0.15, -0.1) is 0 Å². The molecular weight excluding hydrogens is 352 g/mol. The summed E-state index contributed by atoms with van der Waals surface area (Å²) in [6, 6.07) is 16.5. The van der Waals surface area contributed by atoms with Crippen molar-refractivity contribution < 1.29 is 14.3 Å². The van der Waals surface area contributed by atoms with Crippen molar-refractivity contribution in [2.24, 2.45) is 0 Å². The fraction of sp³-hybridized carbons (Fsp3) is 0.261. The second-order valence-electron chi connectivity index (χ2n) is 6.87. The number of methoxy groups -OCH3 is 1. The summed E-state index contributed by atoms with van der Waals surface area (Å²) >= 11 is 0. The minimum absolute atomic E-state index is 0.237. The standard InChI is InChI=1S/C23H24N2O3/c1-4-24-23(26)28-14-19-15(2)21-13-17-7-5-6-8-20(17)25(21)22(19)16-9-11-18(27-3)12-10-16/h5-12H,4,13-14H2,1-3H3,(H,24,26). The van der Waals surface area contributed by atoms with Crippen molar-refractivity contribution in [1.29, 1.82) is 0 Å². The number of hydrogen-bond acceptors (Lipinski definition) is 3. The van der Waals surface area contributed by atoms with Crippen LogP contribution in [0, 0.1) is 6.92 Å². The molecule has 5 heteroatoms. The number of amides is 1. The molecule has 1 aliphatic rings. The van der Waals surface area contributed by atoms with Gasteiger partial charge in [0.05, 0.1) is 12.8 Å². The van der Waals surface area contributed by atoms with E-state index in [9.17, 15) is 4.79 Å². The third kappa shape index (κ3) is 3.03. The molecule has 144 valence electrons. The van der Waals surface area contributed by atoms with Gasteiger partial charge in [-0.2, -0.15) is 0 Å². The van der Waals surface area contributed by atoms with E-state index in [1.165, 1.54) is 22.5 Å². The first-order valence-electron chi connectivity index (χ1n) is 9.50. The summed E-state index contributed by atoms with van der Waals surface area (Å²) < 4.78 is 13.1. The lowest BCUT2D eigenvalue weighted by Crippen LogP contribution is -2.23. The fourth-order valence-electron chi connectivity index (χ4n) is 3.89. The minimum atomic E-state index is -0.394. The van der Waals surface area contributed by atoms with Gasteiger partial charge >= 0.3 is 6.09 Å². The first-order chi connectivity index (χ1) is 13.6. The summed E-state index contributed by atoms with van der Waals surface area (Å²) in [4.78, 5) is 11.9. The highest BCUT2D eigenvalue weighted by Crippen LogP contribution is 2.41. The van der Waals surface area contributed by atoms with Gasteiger partial charge in [-0.3, -0.25) is 0 Å². The van der Waals surface area contributed by atoms with Gasteiger partial charge in [0.2, 0.25) is 0 Å². The van der Waals surface area contributed by atoms with E-state index < -0.39 is 6.09 Å². The van der Waals surface area contributed by atoms with Gasteiger partial charge in [0.15, 0.2) is 0 Å². The van der Waals surface area contributed by atoms with Crippen molar-refractivity contribution in [3.8, 4) is 22.7 Å². The molecule has 1 aliphatic heterocycles. The molecule has 0 aliphatic carbocycles. The molecule has 0 spiro atoms. The molecule has 2 heterocycles. The number of para-hydroxylation sites is 1. The molecule has 0 saturated carbocycles. The third-order valence-electron chi connectivity index (χ3n) is 5.29. The van der Waals surface area contributed by atoms with Gasteiger partial charge < -0.3 is 19.4 Å². The maximum Gasteiger partial charge on any atom is 0.407 e. The number of nitrogens with zero attached hydrogens (tertiary/aromatic N) is 1. The van der Waals surface area contributed by atoms with Crippen LogP contribution >= 0.6 is 0 Å². The van der Waals surface area contributed by atoms with E-state index >= 15 is 0 Å². The molecule has 0 atom stereocenters. The van der Waals surface area contributed by atoms with Crippen LogP contribution in [0.2, 0.25) is 0 Å². The lowest BCUT2D eigenvalue weighted by atomic mass is 10.0. The Bertz CT molecular complexity index is 1020. The molecule has 1 aromatic heterocycles. The van der Waals surface area contributed by atoms with Gasteiger partial charge in [0.1, 0.15) is 12.4 Å². The first kappa shape index (κ1) is 18.2. The van der Waals surface area contributed by atoms with Crippen LogP contribution in [0.5, 0.6) is 5.75 Å².